The summed E-state index contributed by atoms with van der Waals surface area (Å²) >= 11 is 0. The molecule has 0 atom stereocenters. The van der Waals surface area contributed by atoms with Gasteiger partial charge in [-0.3, -0.25) is 4.79 Å². The molecule has 2 aromatic rings. The number of rotatable bonds is 5. The zero-order chi connectivity index (χ0) is 17.9. The Balaban J connectivity index is 1.35. The van der Waals surface area contributed by atoms with Gasteiger partial charge in [-0.15, -0.1) is 0 Å². The van der Waals surface area contributed by atoms with E-state index in [0.717, 1.165) is 31.5 Å². The molecule has 0 aromatic heterocycles. The lowest BCUT2D eigenvalue weighted by molar-refractivity contribution is 0.0951. The minimum Gasteiger partial charge on any atom is -0.348 e. The molecule has 26 heavy (non-hydrogen) atoms. The molecule has 4 N–H and O–H groups in total. The van der Waals surface area contributed by atoms with Crippen LogP contribution in [0.2, 0.25) is 0 Å². The van der Waals surface area contributed by atoms with E-state index in [1.54, 1.807) is 24.3 Å². The van der Waals surface area contributed by atoms with Crippen LogP contribution >= 0.6 is 0 Å². The fourth-order valence-corrected chi connectivity index (χ4v) is 3.06. The van der Waals surface area contributed by atoms with Crippen LogP contribution in [0.1, 0.15) is 39.9 Å². The summed E-state index contributed by atoms with van der Waals surface area (Å²) in [6.07, 6.45) is 2.07. The molecule has 0 spiro atoms. The zero-order valence-electron chi connectivity index (χ0n) is 14.5. The standard InChI is InChI=1S/C20H22N4O2/c25-19(22-10-13-4-5-15-11-21-12-16(15)8-13)14-2-1-3-18(9-14)24-20(26)23-17-6-7-17/h1-5,8-9,17,21H,6-7,10-12H2,(H,22,25)(H2,23,24,26). The van der Waals surface area contributed by atoms with Crippen LogP contribution in [0.25, 0.3) is 0 Å². The Morgan fingerprint density at radius 1 is 1.04 bits per heavy atom. The van der Waals surface area contributed by atoms with E-state index in [1.165, 1.54) is 11.1 Å². The molecule has 1 saturated carbocycles. The molecular weight excluding hydrogens is 328 g/mol. The number of amides is 3. The summed E-state index contributed by atoms with van der Waals surface area (Å²) in [6.45, 7) is 2.27. The summed E-state index contributed by atoms with van der Waals surface area (Å²) in [7, 11) is 0. The van der Waals surface area contributed by atoms with Crippen molar-refractivity contribution in [2.24, 2.45) is 0 Å². The molecular formula is C20H22N4O2. The number of hydrogen-bond donors (Lipinski definition) is 4. The molecule has 6 nitrogen and oxygen atoms in total. The van der Waals surface area contributed by atoms with Crippen molar-refractivity contribution in [2.45, 2.75) is 38.5 Å². The number of fused-ring (bicyclic) bond motifs is 1. The van der Waals surface area contributed by atoms with E-state index in [0.29, 0.717) is 23.8 Å². The van der Waals surface area contributed by atoms with Crippen LogP contribution in [0.15, 0.2) is 42.5 Å². The molecule has 2 aromatic carbocycles. The van der Waals surface area contributed by atoms with Crippen molar-refractivity contribution in [3.05, 3.63) is 64.7 Å². The number of carbonyl (C=O) groups is 2. The maximum absolute atomic E-state index is 12.4. The minimum absolute atomic E-state index is 0.158. The number of hydrogen-bond acceptors (Lipinski definition) is 3. The normalized spacial score (nSPS) is 15.2. The molecule has 3 amide bonds. The van der Waals surface area contributed by atoms with Gasteiger partial charge in [-0.2, -0.15) is 0 Å². The van der Waals surface area contributed by atoms with Gasteiger partial charge in [0.05, 0.1) is 0 Å². The van der Waals surface area contributed by atoms with Gasteiger partial charge in [-0.05, 0) is 47.7 Å². The molecule has 4 rings (SSSR count). The first-order chi connectivity index (χ1) is 12.7. The van der Waals surface area contributed by atoms with Crippen LogP contribution in [0.3, 0.4) is 0 Å². The topological polar surface area (TPSA) is 82.3 Å². The number of urea groups is 1. The second-order valence-electron chi connectivity index (χ2n) is 6.84. The molecule has 2 aliphatic rings. The van der Waals surface area contributed by atoms with Crippen molar-refractivity contribution >= 4 is 17.6 Å². The van der Waals surface area contributed by atoms with Crippen LogP contribution in [0.5, 0.6) is 0 Å². The second-order valence-corrected chi connectivity index (χ2v) is 6.84. The molecule has 1 heterocycles. The molecule has 0 unspecified atom stereocenters. The zero-order valence-corrected chi connectivity index (χ0v) is 14.5. The van der Waals surface area contributed by atoms with Gasteiger partial charge in [0.25, 0.3) is 5.91 Å². The van der Waals surface area contributed by atoms with Gasteiger partial charge < -0.3 is 21.3 Å². The number of nitrogens with one attached hydrogen (secondary N) is 4. The van der Waals surface area contributed by atoms with Gasteiger partial charge in [0.2, 0.25) is 0 Å². The lowest BCUT2D eigenvalue weighted by Gasteiger charge is -2.10. The SMILES string of the molecule is O=C(Nc1cccc(C(=O)NCc2ccc3c(c2)CNC3)c1)NC1CC1. The molecule has 6 heteroatoms. The Kier molecular flexibility index (Phi) is 4.58. The molecule has 134 valence electrons. The van der Waals surface area contributed by atoms with Crippen molar-refractivity contribution in [2.75, 3.05) is 5.32 Å². The Morgan fingerprint density at radius 2 is 1.88 bits per heavy atom. The third-order valence-electron chi connectivity index (χ3n) is 4.65. The van der Waals surface area contributed by atoms with E-state index in [9.17, 15) is 9.59 Å². The van der Waals surface area contributed by atoms with Gasteiger partial charge in [0, 0.05) is 36.9 Å². The fraction of sp³-hybridized carbons (Fsp3) is 0.300. The Bertz CT molecular complexity index is 845. The monoisotopic (exact) mass is 350 g/mol. The first-order valence-corrected chi connectivity index (χ1v) is 8.94. The van der Waals surface area contributed by atoms with Crippen molar-refractivity contribution in [1.82, 2.24) is 16.0 Å². The largest absolute Gasteiger partial charge is 0.348 e. The highest BCUT2D eigenvalue weighted by molar-refractivity contribution is 5.96. The van der Waals surface area contributed by atoms with Crippen LogP contribution in [0.4, 0.5) is 10.5 Å². The predicted molar refractivity (Wildman–Crippen MR) is 99.8 cm³/mol. The van der Waals surface area contributed by atoms with E-state index in [2.05, 4.69) is 33.4 Å². The Hall–Kier alpha value is -2.86. The average Bonchev–Trinajstić information content (AvgIpc) is 3.32. The second kappa shape index (κ2) is 7.17. The first kappa shape index (κ1) is 16.6. The lowest BCUT2D eigenvalue weighted by Crippen LogP contribution is -2.30. The molecule has 0 saturated heterocycles. The van der Waals surface area contributed by atoms with E-state index < -0.39 is 0 Å². The lowest BCUT2D eigenvalue weighted by atomic mass is 10.1. The highest BCUT2D eigenvalue weighted by atomic mass is 16.2. The molecule has 1 aliphatic carbocycles. The molecule has 1 fully saturated rings. The van der Waals surface area contributed by atoms with E-state index >= 15 is 0 Å². The molecule has 0 bridgehead atoms. The Labute approximate surface area is 152 Å². The average molecular weight is 350 g/mol. The van der Waals surface area contributed by atoms with Gasteiger partial charge in [0.15, 0.2) is 0 Å². The third-order valence-corrected chi connectivity index (χ3v) is 4.65. The van der Waals surface area contributed by atoms with Gasteiger partial charge in [0.1, 0.15) is 0 Å². The minimum atomic E-state index is -0.225. The van der Waals surface area contributed by atoms with Gasteiger partial charge in [-0.1, -0.05) is 24.3 Å². The highest BCUT2D eigenvalue weighted by Crippen LogP contribution is 2.19. The summed E-state index contributed by atoms with van der Waals surface area (Å²) < 4.78 is 0. The van der Waals surface area contributed by atoms with Crippen LogP contribution in [-0.4, -0.2) is 18.0 Å². The Morgan fingerprint density at radius 3 is 2.73 bits per heavy atom. The van der Waals surface area contributed by atoms with Crippen molar-refractivity contribution in [3.8, 4) is 0 Å². The van der Waals surface area contributed by atoms with Crippen molar-refractivity contribution in [1.29, 1.82) is 0 Å². The van der Waals surface area contributed by atoms with Crippen LogP contribution in [0, 0.1) is 0 Å². The molecule has 0 radical (unpaired) electrons. The summed E-state index contributed by atoms with van der Waals surface area (Å²) in [4.78, 5) is 24.2. The number of carbonyl (C=O) groups excluding carboxylic acids is 2. The first-order valence-electron chi connectivity index (χ1n) is 8.94. The predicted octanol–water partition coefficient (Wildman–Crippen LogP) is 2.50. The van der Waals surface area contributed by atoms with Crippen LogP contribution < -0.4 is 21.3 Å². The third kappa shape index (κ3) is 4.03. The maximum Gasteiger partial charge on any atom is 0.319 e. The van der Waals surface area contributed by atoms with E-state index in [-0.39, 0.29) is 11.9 Å². The van der Waals surface area contributed by atoms with E-state index in [1.807, 2.05) is 6.07 Å². The smallest absolute Gasteiger partial charge is 0.319 e. The number of benzene rings is 2. The van der Waals surface area contributed by atoms with Crippen LogP contribution in [-0.2, 0) is 19.6 Å². The van der Waals surface area contributed by atoms with Crippen molar-refractivity contribution < 1.29 is 9.59 Å². The molecule has 1 aliphatic heterocycles. The summed E-state index contributed by atoms with van der Waals surface area (Å²) in [5, 5.41) is 11.9. The fourth-order valence-electron chi connectivity index (χ4n) is 3.06. The summed E-state index contributed by atoms with van der Waals surface area (Å²) in [6, 6.07) is 13.3. The van der Waals surface area contributed by atoms with E-state index in [4.69, 9.17) is 0 Å². The summed E-state index contributed by atoms with van der Waals surface area (Å²) in [5.74, 6) is -0.158. The van der Waals surface area contributed by atoms with Crippen molar-refractivity contribution in [3.63, 3.8) is 0 Å². The number of anilines is 1. The van der Waals surface area contributed by atoms with Gasteiger partial charge >= 0.3 is 6.03 Å². The summed E-state index contributed by atoms with van der Waals surface area (Å²) in [5.41, 5.74) is 4.84. The maximum atomic E-state index is 12.4. The van der Waals surface area contributed by atoms with Gasteiger partial charge in [-0.25, -0.2) is 4.79 Å². The highest BCUT2D eigenvalue weighted by Gasteiger charge is 2.23. The quantitative estimate of drug-likeness (QED) is 0.669.